The molecule has 25 heavy (non-hydrogen) atoms. The number of carboxylic acids is 1. The molecule has 0 unspecified atom stereocenters. The summed E-state index contributed by atoms with van der Waals surface area (Å²) in [6.07, 6.45) is -2.17. The summed E-state index contributed by atoms with van der Waals surface area (Å²) in [6.45, 7) is 1.45. The summed E-state index contributed by atoms with van der Waals surface area (Å²) in [7, 11) is 0. The molecule has 0 radical (unpaired) electrons. The first kappa shape index (κ1) is 18.2. The number of halogens is 3. The van der Waals surface area contributed by atoms with Crippen molar-refractivity contribution in [3.8, 4) is 0 Å². The van der Waals surface area contributed by atoms with Gasteiger partial charge in [0, 0.05) is 11.8 Å². The van der Waals surface area contributed by atoms with E-state index in [0.717, 1.165) is 12.3 Å². The Morgan fingerprint density at radius 3 is 2.40 bits per heavy atom. The molecular formula is C17H13F3N2O3. The van der Waals surface area contributed by atoms with Crippen LogP contribution in [0.4, 0.5) is 18.9 Å². The van der Waals surface area contributed by atoms with Crippen molar-refractivity contribution >= 4 is 23.6 Å². The van der Waals surface area contributed by atoms with Crippen molar-refractivity contribution in [3.63, 3.8) is 0 Å². The lowest BCUT2D eigenvalue weighted by atomic mass is 10.1. The zero-order valence-electron chi connectivity index (χ0n) is 13.0. The molecule has 0 bridgehead atoms. The smallest absolute Gasteiger partial charge is 0.433 e. The molecule has 8 heteroatoms. The molecule has 0 aliphatic carbocycles. The van der Waals surface area contributed by atoms with Gasteiger partial charge in [-0.2, -0.15) is 13.2 Å². The lowest BCUT2D eigenvalue weighted by molar-refractivity contribution is -0.141. The number of carboxylic acid groups (broad SMARTS) is 1. The predicted molar refractivity (Wildman–Crippen MR) is 84.9 cm³/mol. The molecule has 1 heterocycles. The van der Waals surface area contributed by atoms with E-state index in [2.05, 4.69) is 10.3 Å². The normalized spacial score (nSPS) is 11.9. The molecule has 0 fully saturated rings. The number of benzene rings is 1. The molecule has 1 aromatic heterocycles. The number of alkyl halides is 3. The van der Waals surface area contributed by atoms with Crippen LogP contribution in [0.3, 0.4) is 0 Å². The van der Waals surface area contributed by atoms with Crippen molar-refractivity contribution in [1.29, 1.82) is 0 Å². The van der Waals surface area contributed by atoms with Crippen LogP contribution < -0.4 is 5.32 Å². The van der Waals surface area contributed by atoms with E-state index >= 15 is 0 Å². The number of para-hydroxylation sites is 1. The van der Waals surface area contributed by atoms with Gasteiger partial charge in [-0.05, 0) is 36.8 Å². The average Bonchev–Trinajstić information content (AvgIpc) is 2.54. The maximum Gasteiger partial charge on any atom is 0.433 e. The Morgan fingerprint density at radius 2 is 1.84 bits per heavy atom. The molecule has 0 saturated carbocycles. The van der Waals surface area contributed by atoms with Gasteiger partial charge in [-0.25, -0.2) is 4.79 Å². The number of hydrogen-bond donors (Lipinski definition) is 2. The van der Waals surface area contributed by atoms with Crippen LogP contribution in [0.5, 0.6) is 0 Å². The van der Waals surface area contributed by atoms with E-state index in [9.17, 15) is 22.8 Å². The number of aromatic nitrogens is 1. The van der Waals surface area contributed by atoms with Crippen molar-refractivity contribution in [2.24, 2.45) is 0 Å². The van der Waals surface area contributed by atoms with Crippen molar-refractivity contribution in [3.05, 3.63) is 65.0 Å². The van der Waals surface area contributed by atoms with Crippen LogP contribution in [0.2, 0.25) is 0 Å². The zero-order chi connectivity index (χ0) is 18.6. The SMILES string of the molecule is C/C(=C\c1ccc(C(F)(F)F)nc1)C(=O)Nc1ccccc1C(=O)O. The van der Waals surface area contributed by atoms with Gasteiger partial charge in [0.25, 0.3) is 5.91 Å². The van der Waals surface area contributed by atoms with Gasteiger partial charge in [-0.3, -0.25) is 9.78 Å². The average molecular weight is 350 g/mol. The van der Waals surface area contributed by atoms with E-state index in [-0.39, 0.29) is 16.8 Å². The highest BCUT2D eigenvalue weighted by Gasteiger charge is 2.31. The molecule has 0 spiro atoms. The Balaban J connectivity index is 2.17. The minimum Gasteiger partial charge on any atom is -0.478 e. The van der Waals surface area contributed by atoms with Gasteiger partial charge in [-0.15, -0.1) is 0 Å². The fourth-order valence-electron chi connectivity index (χ4n) is 1.97. The summed E-state index contributed by atoms with van der Waals surface area (Å²) in [4.78, 5) is 26.6. The number of anilines is 1. The van der Waals surface area contributed by atoms with Gasteiger partial charge in [0.1, 0.15) is 5.69 Å². The number of pyridine rings is 1. The molecule has 130 valence electrons. The highest BCUT2D eigenvalue weighted by Crippen LogP contribution is 2.27. The van der Waals surface area contributed by atoms with Gasteiger partial charge in [-0.1, -0.05) is 18.2 Å². The second kappa shape index (κ2) is 7.16. The molecule has 0 aliphatic heterocycles. The number of rotatable bonds is 4. The predicted octanol–water partition coefficient (Wildman–Crippen LogP) is 3.84. The molecule has 2 N–H and O–H groups in total. The Bertz CT molecular complexity index is 828. The van der Waals surface area contributed by atoms with Gasteiger partial charge in [0.15, 0.2) is 0 Å². The molecule has 5 nitrogen and oxygen atoms in total. The van der Waals surface area contributed by atoms with E-state index in [1.807, 2.05) is 0 Å². The lowest BCUT2D eigenvalue weighted by Crippen LogP contribution is -2.15. The van der Waals surface area contributed by atoms with E-state index < -0.39 is 23.7 Å². The summed E-state index contributed by atoms with van der Waals surface area (Å²) < 4.78 is 37.4. The van der Waals surface area contributed by atoms with E-state index in [1.54, 1.807) is 6.07 Å². The number of amides is 1. The number of aromatic carboxylic acids is 1. The Kier molecular flexibility index (Phi) is 5.21. The Labute approximate surface area is 140 Å². The quantitative estimate of drug-likeness (QED) is 0.821. The molecular weight excluding hydrogens is 337 g/mol. The fourth-order valence-corrected chi connectivity index (χ4v) is 1.97. The van der Waals surface area contributed by atoms with E-state index in [1.165, 1.54) is 37.3 Å². The standard InChI is InChI=1S/C17H13F3N2O3/c1-10(8-11-6-7-14(21-9-11)17(18,19)20)15(23)22-13-5-3-2-4-12(13)16(24)25/h2-9H,1H3,(H,22,23)(H,24,25)/b10-8+. The summed E-state index contributed by atoms with van der Waals surface area (Å²) in [5.41, 5.74) is -0.478. The van der Waals surface area contributed by atoms with Gasteiger partial charge in [0.05, 0.1) is 11.3 Å². The van der Waals surface area contributed by atoms with Crippen LogP contribution in [0.1, 0.15) is 28.5 Å². The second-order valence-corrected chi connectivity index (χ2v) is 5.11. The number of carbonyl (C=O) groups is 2. The third-order valence-corrected chi connectivity index (χ3v) is 3.22. The third kappa shape index (κ3) is 4.66. The van der Waals surface area contributed by atoms with Crippen LogP contribution >= 0.6 is 0 Å². The maximum absolute atomic E-state index is 12.5. The van der Waals surface area contributed by atoms with Gasteiger partial charge in [0.2, 0.25) is 0 Å². The molecule has 2 rings (SSSR count). The van der Waals surface area contributed by atoms with Crippen LogP contribution in [-0.2, 0) is 11.0 Å². The Morgan fingerprint density at radius 1 is 1.16 bits per heavy atom. The van der Waals surface area contributed by atoms with E-state index in [0.29, 0.717) is 5.56 Å². The molecule has 0 atom stereocenters. The van der Waals surface area contributed by atoms with Crippen LogP contribution in [-0.4, -0.2) is 22.0 Å². The summed E-state index contributed by atoms with van der Waals surface area (Å²) >= 11 is 0. The zero-order valence-corrected chi connectivity index (χ0v) is 13.0. The van der Waals surface area contributed by atoms with Crippen LogP contribution in [0.25, 0.3) is 6.08 Å². The van der Waals surface area contributed by atoms with E-state index in [4.69, 9.17) is 5.11 Å². The van der Waals surface area contributed by atoms with Crippen molar-refractivity contribution in [1.82, 2.24) is 4.98 Å². The minimum atomic E-state index is -4.53. The lowest BCUT2D eigenvalue weighted by Gasteiger charge is -2.09. The van der Waals surface area contributed by atoms with Gasteiger partial charge < -0.3 is 10.4 Å². The summed E-state index contributed by atoms with van der Waals surface area (Å²) in [5, 5.41) is 11.5. The first-order chi connectivity index (χ1) is 11.7. The van der Waals surface area contributed by atoms with Crippen molar-refractivity contribution in [2.45, 2.75) is 13.1 Å². The summed E-state index contributed by atoms with van der Waals surface area (Å²) in [5.74, 6) is -1.77. The van der Waals surface area contributed by atoms with Crippen molar-refractivity contribution in [2.75, 3.05) is 5.32 Å². The molecule has 0 aliphatic rings. The topological polar surface area (TPSA) is 79.3 Å². The number of carbonyl (C=O) groups excluding carboxylic acids is 1. The first-order valence-corrected chi connectivity index (χ1v) is 7.03. The monoisotopic (exact) mass is 350 g/mol. The summed E-state index contributed by atoms with van der Waals surface area (Å²) in [6, 6.07) is 7.89. The fraction of sp³-hybridized carbons (Fsp3) is 0.118. The number of nitrogens with zero attached hydrogens (tertiary/aromatic N) is 1. The highest BCUT2D eigenvalue weighted by molar-refractivity contribution is 6.09. The first-order valence-electron chi connectivity index (χ1n) is 7.03. The van der Waals surface area contributed by atoms with Crippen LogP contribution in [0, 0.1) is 0 Å². The van der Waals surface area contributed by atoms with Crippen molar-refractivity contribution < 1.29 is 27.9 Å². The molecule has 1 aromatic carbocycles. The highest BCUT2D eigenvalue weighted by atomic mass is 19.4. The molecule has 0 saturated heterocycles. The molecule has 2 aromatic rings. The van der Waals surface area contributed by atoms with Crippen LogP contribution in [0.15, 0.2) is 48.2 Å². The maximum atomic E-state index is 12.5. The Hall–Kier alpha value is -3.16. The number of nitrogens with one attached hydrogen (secondary N) is 1. The minimum absolute atomic E-state index is 0.0696. The number of hydrogen-bond acceptors (Lipinski definition) is 3. The third-order valence-electron chi connectivity index (χ3n) is 3.22. The van der Waals surface area contributed by atoms with Gasteiger partial charge >= 0.3 is 12.1 Å². The molecule has 1 amide bonds. The second-order valence-electron chi connectivity index (χ2n) is 5.11. The largest absolute Gasteiger partial charge is 0.478 e.